The summed E-state index contributed by atoms with van der Waals surface area (Å²) in [6, 6.07) is 18.0. The van der Waals surface area contributed by atoms with Crippen LogP contribution in [0.4, 0.5) is 17.1 Å². The molecule has 0 aliphatic carbocycles. The van der Waals surface area contributed by atoms with Crippen LogP contribution in [0.2, 0.25) is 0 Å². The molecule has 0 heterocycles. The normalized spacial score (nSPS) is 9.79. The minimum atomic E-state index is 0.585. The number of rotatable bonds is 3. The zero-order chi connectivity index (χ0) is 13.7. The van der Waals surface area contributed by atoms with Gasteiger partial charge in [0.05, 0.1) is 0 Å². The van der Waals surface area contributed by atoms with E-state index in [-0.39, 0.29) is 0 Å². The molecule has 0 aliphatic rings. The number of benzene rings is 2. The van der Waals surface area contributed by atoms with Crippen LogP contribution >= 0.6 is 12.2 Å². The molecule has 0 aliphatic heterocycles. The fourth-order valence-corrected chi connectivity index (χ4v) is 1.91. The predicted octanol–water partition coefficient (Wildman–Crippen LogP) is 3.56. The van der Waals surface area contributed by atoms with E-state index in [9.17, 15) is 0 Å². The molecule has 0 bridgehead atoms. The molecule has 0 fully saturated rings. The molecule has 0 saturated heterocycles. The van der Waals surface area contributed by atoms with Crippen molar-refractivity contribution in [3.8, 4) is 0 Å². The largest absolute Gasteiger partial charge is 0.378 e. The van der Waals surface area contributed by atoms with Gasteiger partial charge in [0.1, 0.15) is 0 Å². The third kappa shape index (κ3) is 3.96. The van der Waals surface area contributed by atoms with Gasteiger partial charge in [0.2, 0.25) is 0 Å². The number of thiocarbonyl (C=S) groups is 1. The SMILES string of the molecule is CN(C)c1cccc(NC(=S)Nc2ccccc2)c1. The van der Waals surface area contributed by atoms with Crippen molar-refractivity contribution in [2.75, 3.05) is 29.6 Å². The molecule has 19 heavy (non-hydrogen) atoms. The van der Waals surface area contributed by atoms with Crippen molar-refractivity contribution in [1.29, 1.82) is 0 Å². The van der Waals surface area contributed by atoms with E-state index in [2.05, 4.69) is 27.7 Å². The molecule has 4 heteroatoms. The summed E-state index contributed by atoms with van der Waals surface area (Å²) in [4.78, 5) is 2.05. The van der Waals surface area contributed by atoms with Crippen LogP contribution in [0.1, 0.15) is 0 Å². The average molecular weight is 271 g/mol. The Morgan fingerprint density at radius 1 is 0.895 bits per heavy atom. The Bertz CT molecular complexity index is 552. The molecule has 0 unspecified atom stereocenters. The van der Waals surface area contributed by atoms with E-state index < -0.39 is 0 Å². The first-order valence-electron chi connectivity index (χ1n) is 6.05. The third-order valence-corrected chi connectivity index (χ3v) is 2.86. The maximum atomic E-state index is 5.29. The van der Waals surface area contributed by atoms with E-state index in [0.717, 1.165) is 17.1 Å². The van der Waals surface area contributed by atoms with Gasteiger partial charge in [0, 0.05) is 31.2 Å². The molecular weight excluding hydrogens is 254 g/mol. The van der Waals surface area contributed by atoms with E-state index in [0.29, 0.717) is 5.11 Å². The summed E-state index contributed by atoms with van der Waals surface area (Å²) in [5.74, 6) is 0. The number of para-hydroxylation sites is 1. The molecule has 2 N–H and O–H groups in total. The van der Waals surface area contributed by atoms with Gasteiger partial charge in [0.25, 0.3) is 0 Å². The summed E-state index contributed by atoms with van der Waals surface area (Å²) >= 11 is 5.29. The first-order chi connectivity index (χ1) is 9.15. The minimum Gasteiger partial charge on any atom is -0.378 e. The van der Waals surface area contributed by atoms with Crippen molar-refractivity contribution in [1.82, 2.24) is 0 Å². The number of hydrogen-bond acceptors (Lipinski definition) is 2. The highest BCUT2D eigenvalue weighted by Gasteiger charge is 2.00. The molecule has 0 atom stereocenters. The fraction of sp³-hybridized carbons (Fsp3) is 0.133. The Morgan fingerprint density at radius 3 is 2.21 bits per heavy atom. The molecule has 0 saturated carbocycles. The van der Waals surface area contributed by atoms with Crippen LogP contribution < -0.4 is 15.5 Å². The number of nitrogens with zero attached hydrogens (tertiary/aromatic N) is 1. The Balaban J connectivity index is 2.01. The van der Waals surface area contributed by atoms with Gasteiger partial charge in [-0.15, -0.1) is 0 Å². The molecule has 0 aromatic heterocycles. The average Bonchev–Trinajstić information content (AvgIpc) is 2.40. The molecule has 0 amide bonds. The monoisotopic (exact) mass is 271 g/mol. The summed E-state index contributed by atoms with van der Waals surface area (Å²) < 4.78 is 0. The Labute approximate surface area is 119 Å². The van der Waals surface area contributed by atoms with Crippen LogP contribution in [0.3, 0.4) is 0 Å². The fourth-order valence-electron chi connectivity index (χ4n) is 1.68. The second-order valence-electron chi connectivity index (χ2n) is 4.39. The van der Waals surface area contributed by atoms with E-state index in [1.807, 2.05) is 56.6 Å². The lowest BCUT2D eigenvalue weighted by atomic mass is 10.2. The van der Waals surface area contributed by atoms with E-state index in [1.165, 1.54) is 0 Å². The zero-order valence-electron chi connectivity index (χ0n) is 11.1. The van der Waals surface area contributed by atoms with Gasteiger partial charge in [-0.25, -0.2) is 0 Å². The number of nitrogens with one attached hydrogen (secondary N) is 2. The van der Waals surface area contributed by atoms with Crippen LogP contribution in [-0.4, -0.2) is 19.2 Å². The van der Waals surface area contributed by atoms with Crippen molar-refractivity contribution in [2.45, 2.75) is 0 Å². The molecule has 3 nitrogen and oxygen atoms in total. The van der Waals surface area contributed by atoms with Crippen LogP contribution in [0.5, 0.6) is 0 Å². The van der Waals surface area contributed by atoms with Crippen LogP contribution in [0.25, 0.3) is 0 Å². The lowest BCUT2D eigenvalue weighted by molar-refractivity contribution is 1.13. The van der Waals surface area contributed by atoms with Crippen molar-refractivity contribution >= 4 is 34.4 Å². The quantitative estimate of drug-likeness (QED) is 0.835. The second-order valence-corrected chi connectivity index (χ2v) is 4.80. The van der Waals surface area contributed by atoms with E-state index >= 15 is 0 Å². The Hall–Kier alpha value is -2.07. The van der Waals surface area contributed by atoms with Crippen molar-refractivity contribution < 1.29 is 0 Å². The zero-order valence-corrected chi connectivity index (χ0v) is 11.9. The van der Waals surface area contributed by atoms with Gasteiger partial charge in [-0.2, -0.15) is 0 Å². The maximum absolute atomic E-state index is 5.29. The molecule has 2 rings (SSSR count). The molecule has 98 valence electrons. The first-order valence-corrected chi connectivity index (χ1v) is 6.46. The van der Waals surface area contributed by atoms with E-state index in [4.69, 9.17) is 12.2 Å². The standard InChI is InChI=1S/C15H17N3S/c1-18(2)14-10-6-9-13(11-14)17-15(19)16-12-7-4-3-5-8-12/h3-11H,1-2H3,(H2,16,17,19). The van der Waals surface area contributed by atoms with Gasteiger partial charge in [0.15, 0.2) is 5.11 Å². The molecule has 2 aromatic carbocycles. The topological polar surface area (TPSA) is 27.3 Å². The minimum absolute atomic E-state index is 0.585. The van der Waals surface area contributed by atoms with Gasteiger partial charge >= 0.3 is 0 Å². The van der Waals surface area contributed by atoms with Crippen LogP contribution in [-0.2, 0) is 0 Å². The Morgan fingerprint density at radius 2 is 1.53 bits per heavy atom. The van der Waals surface area contributed by atoms with Crippen molar-refractivity contribution in [3.63, 3.8) is 0 Å². The van der Waals surface area contributed by atoms with Crippen LogP contribution in [0.15, 0.2) is 54.6 Å². The highest BCUT2D eigenvalue weighted by atomic mass is 32.1. The van der Waals surface area contributed by atoms with Gasteiger partial charge < -0.3 is 15.5 Å². The van der Waals surface area contributed by atoms with Crippen molar-refractivity contribution in [3.05, 3.63) is 54.6 Å². The molecular formula is C15H17N3S. The van der Waals surface area contributed by atoms with Gasteiger partial charge in [-0.1, -0.05) is 24.3 Å². The second kappa shape index (κ2) is 6.20. The summed E-state index contributed by atoms with van der Waals surface area (Å²) in [6.07, 6.45) is 0. The number of hydrogen-bond donors (Lipinski definition) is 2. The number of anilines is 3. The summed E-state index contributed by atoms with van der Waals surface area (Å²) in [6.45, 7) is 0. The van der Waals surface area contributed by atoms with E-state index in [1.54, 1.807) is 0 Å². The molecule has 2 aromatic rings. The lowest BCUT2D eigenvalue weighted by Gasteiger charge is -2.15. The van der Waals surface area contributed by atoms with Gasteiger partial charge in [-0.05, 0) is 42.5 Å². The van der Waals surface area contributed by atoms with Crippen LogP contribution in [0, 0.1) is 0 Å². The maximum Gasteiger partial charge on any atom is 0.175 e. The highest BCUT2D eigenvalue weighted by Crippen LogP contribution is 2.17. The third-order valence-electron chi connectivity index (χ3n) is 2.65. The summed E-state index contributed by atoms with van der Waals surface area (Å²) in [5.41, 5.74) is 3.08. The Kier molecular flexibility index (Phi) is 4.36. The lowest BCUT2D eigenvalue weighted by Crippen LogP contribution is -2.19. The smallest absolute Gasteiger partial charge is 0.175 e. The van der Waals surface area contributed by atoms with Crippen molar-refractivity contribution in [2.24, 2.45) is 0 Å². The molecule has 0 spiro atoms. The molecule has 0 radical (unpaired) electrons. The first kappa shape index (κ1) is 13.4. The predicted molar refractivity (Wildman–Crippen MR) is 87.1 cm³/mol. The highest BCUT2D eigenvalue weighted by molar-refractivity contribution is 7.80. The summed E-state index contributed by atoms with van der Waals surface area (Å²) in [7, 11) is 4.03. The summed E-state index contributed by atoms with van der Waals surface area (Å²) in [5, 5.41) is 6.91. The van der Waals surface area contributed by atoms with Gasteiger partial charge in [-0.3, -0.25) is 0 Å².